The second-order valence-corrected chi connectivity index (χ2v) is 9.27. The summed E-state index contributed by atoms with van der Waals surface area (Å²) >= 11 is 6.40. The quantitative estimate of drug-likeness (QED) is 0.561. The first-order valence-electron chi connectivity index (χ1n) is 12.5. The number of carbonyl (C=O) groups excluding carboxylic acids is 2. The van der Waals surface area contributed by atoms with Crippen molar-refractivity contribution in [3.05, 3.63) is 41.8 Å². The van der Waals surface area contributed by atoms with Crippen LogP contribution < -0.4 is 15.0 Å². The topological polar surface area (TPSA) is 92.1 Å². The van der Waals surface area contributed by atoms with E-state index in [0.717, 1.165) is 43.1 Å². The Morgan fingerprint density at radius 1 is 1.19 bits per heavy atom. The Hall–Kier alpha value is -3.33. The number of pyridine rings is 2. The number of halogens is 1. The first-order valence-corrected chi connectivity index (χ1v) is 12.8. The lowest BCUT2D eigenvalue weighted by atomic mass is 10.0. The number of ether oxygens (including phenoxy) is 1. The Morgan fingerprint density at radius 2 is 1.94 bits per heavy atom. The van der Waals surface area contributed by atoms with Crippen LogP contribution in [0.5, 0.6) is 5.75 Å². The summed E-state index contributed by atoms with van der Waals surface area (Å²) in [5.41, 5.74) is 3.35. The van der Waals surface area contributed by atoms with E-state index in [2.05, 4.69) is 15.3 Å². The van der Waals surface area contributed by atoms with Gasteiger partial charge in [0, 0.05) is 63.7 Å². The summed E-state index contributed by atoms with van der Waals surface area (Å²) in [7, 11) is 0. The van der Waals surface area contributed by atoms with Crippen molar-refractivity contribution in [2.75, 3.05) is 37.6 Å². The van der Waals surface area contributed by atoms with Crippen molar-refractivity contribution in [3.8, 4) is 17.0 Å². The van der Waals surface area contributed by atoms with Crippen molar-refractivity contribution in [3.63, 3.8) is 0 Å². The van der Waals surface area contributed by atoms with E-state index in [0.29, 0.717) is 29.3 Å². The smallest absolute Gasteiger partial charge is 0.220 e. The molecule has 3 aromatic heterocycles. The summed E-state index contributed by atoms with van der Waals surface area (Å²) in [4.78, 5) is 32.0. The van der Waals surface area contributed by atoms with Crippen molar-refractivity contribution in [2.45, 2.75) is 40.2 Å². The minimum Gasteiger partial charge on any atom is -0.488 e. The number of hydrogen-bond acceptors (Lipinski definition) is 6. The fourth-order valence-electron chi connectivity index (χ4n) is 4.56. The van der Waals surface area contributed by atoms with Gasteiger partial charge in [-0.1, -0.05) is 25.4 Å². The predicted molar refractivity (Wildman–Crippen MR) is 140 cm³/mol. The van der Waals surface area contributed by atoms with Crippen LogP contribution in [-0.2, 0) is 9.59 Å². The van der Waals surface area contributed by atoms with Crippen LogP contribution >= 0.6 is 11.6 Å². The van der Waals surface area contributed by atoms with Crippen molar-refractivity contribution in [2.24, 2.45) is 5.92 Å². The van der Waals surface area contributed by atoms with Crippen LogP contribution in [0.2, 0.25) is 5.02 Å². The number of nitrogens with zero attached hydrogens (tertiary/aromatic N) is 5. The SMILES string of the molecule is CC.CC(=O)N1CCN(c2ccc(-c3cc(OC(C)C4CNC(=O)C4)c4c(Cl)cnn4c3)nc2)CC1. The van der Waals surface area contributed by atoms with Crippen molar-refractivity contribution >= 4 is 34.6 Å². The molecule has 0 aromatic carbocycles. The number of piperazine rings is 1. The van der Waals surface area contributed by atoms with Crippen LogP contribution in [0, 0.1) is 5.92 Å². The molecule has 9 nitrogen and oxygen atoms in total. The van der Waals surface area contributed by atoms with Gasteiger partial charge in [0.05, 0.1) is 28.8 Å². The van der Waals surface area contributed by atoms with Crippen LogP contribution in [0.4, 0.5) is 5.69 Å². The lowest BCUT2D eigenvalue weighted by Crippen LogP contribution is -2.48. The molecule has 192 valence electrons. The molecular weight excluding hydrogens is 480 g/mol. The summed E-state index contributed by atoms with van der Waals surface area (Å²) in [5.74, 6) is 0.871. The van der Waals surface area contributed by atoms with Crippen LogP contribution in [0.25, 0.3) is 16.8 Å². The summed E-state index contributed by atoms with van der Waals surface area (Å²) < 4.78 is 8.01. The molecule has 2 saturated heterocycles. The first kappa shape index (κ1) is 25.8. The second-order valence-electron chi connectivity index (χ2n) is 8.86. The van der Waals surface area contributed by atoms with Gasteiger partial charge in [0.2, 0.25) is 11.8 Å². The molecule has 3 aromatic rings. The predicted octanol–water partition coefficient (Wildman–Crippen LogP) is 3.65. The molecule has 0 bridgehead atoms. The molecule has 2 aliphatic heterocycles. The lowest BCUT2D eigenvalue weighted by Gasteiger charge is -2.35. The van der Waals surface area contributed by atoms with Crippen molar-refractivity contribution in [1.29, 1.82) is 0 Å². The fraction of sp³-hybridized carbons (Fsp3) is 0.462. The summed E-state index contributed by atoms with van der Waals surface area (Å²) in [5, 5.41) is 7.73. The summed E-state index contributed by atoms with van der Waals surface area (Å²) in [6.07, 6.45) is 5.61. The molecule has 36 heavy (non-hydrogen) atoms. The van der Waals surface area contributed by atoms with E-state index >= 15 is 0 Å². The fourth-order valence-corrected chi connectivity index (χ4v) is 4.78. The molecule has 10 heteroatoms. The zero-order valence-electron chi connectivity index (χ0n) is 21.2. The molecule has 2 unspecified atom stereocenters. The summed E-state index contributed by atoms with van der Waals surface area (Å²) in [6, 6.07) is 5.95. The number of rotatable bonds is 5. The molecule has 1 N–H and O–H groups in total. The van der Waals surface area contributed by atoms with Gasteiger partial charge in [0.1, 0.15) is 17.4 Å². The van der Waals surface area contributed by atoms with Gasteiger partial charge in [-0.3, -0.25) is 14.6 Å². The van der Waals surface area contributed by atoms with E-state index in [1.165, 1.54) is 0 Å². The highest BCUT2D eigenvalue weighted by Gasteiger charge is 2.29. The molecule has 0 aliphatic carbocycles. The lowest BCUT2D eigenvalue weighted by molar-refractivity contribution is -0.129. The molecule has 2 aliphatic rings. The maximum absolute atomic E-state index is 11.6. The Bertz CT molecular complexity index is 1220. The van der Waals surface area contributed by atoms with Gasteiger partial charge in [0.25, 0.3) is 0 Å². The molecule has 0 spiro atoms. The maximum Gasteiger partial charge on any atom is 0.220 e. The van der Waals surface area contributed by atoms with Gasteiger partial charge in [-0.25, -0.2) is 4.52 Å². The highest BCUT2D eigenvalue weighted by atomic mass is 35.5. The van der Waals surface area contributed by atoms with Crippen LogP contribution in [0.1, 0.15) is 34.1 Å². The third-order valence-electron chi connectivity index (χ3n) is 6.65. The monoisotopic (exact) mass is 512 g/mol. The number of aromatic nitrogens is 3. The summed E-state index contributed by atoms with van der Waals surface area (Å²) in [6.45, 7) is 11.2. The second kappa shape index (κ2) is 11.2. The number of anilines is 1. The zero-order chi connectivity index (χ0) is 25.8. The average Bonchev–Trinajstić information content (AvgIpc) is 3.51. The molecule has 2 amide bonds. The van der Waals surface area contributed by atoms with E-state index in [1.54, 1.807) is 17.6 Å². The molecule has 2 fully saturated rings. The van der Waals surface area contributed by atoms with Gasteiger partial charge in [-0.2, -0.15) is 5.10 Å². The third-order valence-corrected chi connectivity index (χ3v) is 6.93. The standard InChI is InChI=1S/C24H27ClN6O3.C2H6/c1-15(17-10-23(33)27-11-17)34-22-9-18(14-31-24(22)20(25)13-28-31)21-4-3-19(12-26-21)30-7-5-29(6-8-30)16(2)32;1-2/h3-4,9,12-15,17H,5-8,10-11H2,1-2H3,(H,27,33);1-2H3. The van der Waals surface area contributed by atoms with E-state index in [-0.39, 0.29) is 23.8 Å². The molecule has 0 radical (unpaired) electrons. The Kier molecular flexibility index (Phi) is 7.98. The number of nitrogens with one attached hydrogen (secondary N) is 1. The van der Waals surface area contributed by atoms with Crippen LogP contribution in [0.15, 0.2) is 36.8 Å². The van der Waals surface area contributed by atoms with Crippen molar-refractivity contribution in [1.82, 2.24) is 24.8 Å². The van der Waals surface area contributed by atoms with E-state index in [4.69, 9.17) is 21.3 Å². The van der Waals surface area contributed by atoms with Crippen LogP contribution in [-0.4, -0.2) is 70.1 Å². The van der Waals surface area contributed by atoms with Gasteiger partial charge < -0.3 is 19.9 Å². The van der Waals surface area contributed by atoms with Gasteiger partial charge >= 0.3 is 0 Å². The number of fused-ring (bicyclic) bond motifs is 1. The highest BCUT2D eigenvalue weighted by molar-refractivity contribution is 6.34. The minimum absolute atomic E-state index is 0.0497. The highest BCUT2D eigenvalue weighted by Crippen LogP contribution is 2.34. The Labute approximate surface area is 216 Å². The number of carbonyl (C=O) groups is 2. The molecular formula is C26H33ClN6O3. The molecule has 5 heterocycles. The molecule has 2 atom stereocenters. The normalized spacial score (nSPS) is 18.5. The van der Waals surface area contributed by atoms with Crippen LogP contribution in [0.3, 0.4) is 0 Å². The van der Waals surface area contributed by atoms with E-state index in [9.17, 15) is 9.59 Å². The molecule has 0 saturated carbocycles. The Morgan fingerprint density at radius 3 is 2.56 bits per heavy atom. The largest absolute Gasteiger partial charge is 0.488 e. The van der Waals surface area contributed by atoms with Gasteiger partial charge in [0.15, 0.2) is 0 Å². The minimum atomic E-state index is -0.173. The first-order chi connectivity index (χ1) is 17.4. The number of amides is 2. The van der Waals surface area contributed by atoms with E-state index in [1.807, 2.05) is 56.3 Å². The number of hydrogen-bond donors (Lipinski definition) is 1. The average molecular weight is 513 g/mol. The van der Waals surface area contributed by atoms with Crippen molar-refractivity contribution < 1.29 is 14.3 Å². The van der Waals surface area contributed by atoms with E-state index < -0.39 is 0 Å². The molecule has 5 rings (SSSR count). The maximum atomic E-state index is 11.6. The van der Waals surface area contributed by atoms with Gasteiger partial charge in [-0.15, -0.1) is 0 Å². The Balaban J connectivity index is 0.00000148. The zero-order valence-corrected chi connectivity index (χ0v) is 22.0. The van der Waals surface area contributed by atoms with Gasteiger partial charge in [-0.05, 0) is 25.1 Å². The third kappa shape index (κ3) is 5.41.